The highest BCUT2D eigenvalue weighted by Crippen LogP contribution is 2.22. The zero-order valence-corrected chi connectivity index (χ0v) is 9.47. The molecule has 0 unspecified atom stereocenters. The van der Waals surface area contributed by atoms with Crippen molar-refractivity contribution in [3.63, 3.8) is 0 Å². The number of hydrogen-bond donors (Lipinski definition) is 0. The summed E-state index contributed by atoms with van der Waals surface area (Å²) >= 11 is 0. The number of ketones is 1. The zero-order chi connectivity index (χ0) is 10.8. The van der Waals surface area contributed by atoms with E-state index in [0.29, 0.717) is 0 Å². The van der Waals surface area contributed by atoms with Gasteiger partial charge in [0.1, 0.15) is 0 Å². The first-order valence-electron chi connectivity index (χ1n) is 5.75. The number of aromatic nitrogens is 1. The minimum absolute atomic E-state index is 0.146. The molecule has 1 aromatic heterocycles. The van der Waals surface area contributed by atoms with Crippen LogP contribution in [-0.4, -0.2) is 10.8 Å². The molecule has 0 aliphatic heterocycles. The number of aryl methyl sites for hydroxylation is 3. The van der Waals surface area contributed by atoms with Gasteiger partial charge in [0, 0.05) is 11.3 Å². The summed E-state index contributed by atoms with van der Waals surface area (Å²) in [5.41, 5.74) is 4.33. The molecule has 1 aliphatic carbocycles. The van der Waals surface area contributed by atoms with Crippen molar-refractivity contribution >= 4 is 5.78 Å². The Hall–Kier alpha value is -1.18. The standard InChI is InChI=1S/C13H17NO/c1-3-12-11(9(2)15)8-10-6-4-5-7-13(10)14-12/h8H,3-7H2,1-2H3. The second-order valence-electron chi connectivity index (χ2n) is 4.21. The fraction of sp³-hybridized carbons (Fsp3) is 0.538. The minimum Gasteiger partial charge on any atom is -0.294 e. The number of hydrogen-bond acceptors (Lipinski definition) is 2. The van der Waals surface area contributed by atoms with Crippen LogP contribution in [0.4, 0.5) is 0 Å². The molecule has 0 N–H and O–H groups in total. The van der Waals surface area contributed by atoms with Crippen molar-refractivity contribution < 1.29 is 4.79 Å². The third kappa shape index (κ3) is 1.94. The topological polar surface area (TPSA) is 30.0 Å². The summed E-state index contributed by atoms with van der Waals surface area (Å²) in [5, 5.41) is 0. The third-order valence-electron chi connectivity index (χ3n) is 3.09. The van der Waals surface area contributed by atoms with Gasteiger partial charge in [-0.2, -0.15) is 0 Å². The highest BCUT2D eigenvalue weighted by molar-refractivity contribution is 5.95. The summed E-state index contributed by atoms with van der Waals surface area (Å²) in [6.07, 6.45) is 5.50. The largest absolute Gasteiger partial charge is 0.294 e. The Morgan fingerprint density at radius 3 is 2.80 bits per heavy atom. The van der Waals surface area contributed by atoms with Crippen molar-refractivity contribution in [3.05, 3.63) is 28.6 Å². The smallest absolute Gasteiger partial charge is 0.161 e. The van der Waals surface area contributed by atoms with Gasteiger partial charge >= 0.3 is 0 Å². The second kappa shape index (κ2) is 4.13. The van der Waals surface area contributed by atoms with Gasteiger partial charge in [0.2, 0.25) is 0 Å². The molecule has 0 amide bonds. The molecule has 0 aromatic carbocycles. The van der Waals surface area contributed by atoms with E-state index in [2.05, 4.69) is 18.0 Å². The summed E-state index contributed by atoms with van der Waals surface area (Å²) in [4.78, 5) is 16.1. The summed E-state index contributed by atoms with van der Waals surface area (Å²) in [6.45, 7) is 3.69. The number of pyridine rings is 1. The van der Waals surface area contributed by atoms with Crippen LogP contribution in [0.15, 0.2) is 6.07 Å². The Balaban J connectivity index is 2.51. The Kier molecular flexibility index (Phi) is 2.85. The van der Waals surface area contributed by atoms with E-state index >= 15 is 0 Å². The molecule has 0 bridgehead atoms. The average molecular weight is 203 g/mol. The maximum atomic E-state index is 11.5. The molecule has 15 heavy (non-hydrogen) atoms. The zero-order valence-electron chi connectivity index (χ0n) is 9.47. The molecule has 80 valence electrons. The van der Waals surface area contributed by atoms with Gasteiger partial charge in [-0.1, -0.05) is 6.92 Å². The molecule has 0 radical (unpaired) electrons. The molecule has 1 aromatic rings. The van der Waals surface area contributed by atoms with Gasteiger partial charge in [-0.3, -0.25) is 9.78 Å². The van der Waals surface area contributed by atoms with Crippen LogP contribution in [0.25, 0.3) is 0 Å². The molecule has 1 aliphatic rings. The normalized spacial score (nSPS) is 14.8. The molecular weight excluding hydrogens is 186 g/mol. The SMILES string of the molecule is CCc1nc2c(cc1C(C)=O)CCCC2. The Labute approximate surface area is 90.7 Å². The van der Waals surface area contributed by atoms with Gasteiger partial charge < -0.3 is 0 Å². The number of Topliss-reactive ketones (excluding diaryl/α,β-unsaturated/α-hetero) is 1. The summed E-state index contributed by atoms with van der Waals surface area (Å²) in [7, 11) is 0. The van der Waals surface area contributed by atoms with E-state index in [0.717, 1.165) is 30.5 Å². The van der Waals surface area contributed by atoms with Crippen LogP contribution in [0.3, 0.4) is 0 Å². The lowest BCUT2D eigenvalue weighted by atomic mass is 9.93. The van der Waals surface area contributed by atoms with E-state index in [1.165, 1.54) is 24.1 Å². The Morgan fingerprint density at radius 1 is 1.40 bits per heavy atom. The van der Waals surface area contributed by atoms with Crippen LogP contribution >= 0.6 is 0 Å². The number of rotatable bonds is 2. The maximum absolute atomic E-state index is 11.5. The molecule has 2 heteroatoms. The summed E-state index contributed by atoms with van der Waals surface area (Å²) in [6, 6.07) is 2.07. The third-order valence-corrected chi connectivity index (χ3v) is 3.09. The summed E-state index contributed by atoms with van der Waals surface area (Å²) < 4.78 is 0. The fourth-order valence-electron chi connectivity index (χ4n) is 2.25. The molecule has 0 spiro atoms. The van der Waals surface area contributed by atoms with E-state index in [-0.39, 0.29) is 5.78 Å². The molecule has 2 rings (SSSR count). The number of carbonyl (C=O) groups excluding carboxylic acids is 1. The predicted octanol–water partition coefficient (Wildman–Crippen LogP) is 2.73. The van der Waals surface area contributed by atoms with Crippen LogP contribution in [0.5, 0.6) is 0 Å². The first-order valence-corrected chi connectivity index (χ1v) is 5.75. The van der Waals surface area contributed by atoms with Crippen LogP contribution in [0.2, 0.25) is 0 Å². The van der Waals surface area contributed by atoms with Gasteiger partial charge in [-0.15, -0.1) is 0 Å². The maximum Gasteiger partial charge on any atom is 0.161 e. The van der Waals surface area contributed by atoms with E-state index in [1.54, 1.807) is 6.92 Å². The molecule has 0 fully saturated rings. The van der Waals surface area contributed by atoms with Crippen LogP contribution in [0.1, 0.15) is 54.0 Å². The monoisotopic (exact) mass is 203 g/mol. The lowest BCUT2D eigenvalue weighted by Gasteiger charge is -2.17. The predicted molar refractivity (Wildman–Crippen MR) is 60.3 cm³/mol. The quantitative estimate of drug-likeness (QED) is 0.692. The van der Waals surface area contributed by atoms with Crippen molar-refractivity contribution in [2.24, 2.45) is 0 Å². The van der Waals surface area contributed by atoms with Crippen molar-refractivity contribution in [2.75, 3.05) is 0 Å². The van der Waals surface area contributed by atoms with Gasteiger partial charge in [-0.25, -0.2) is 0 Å². The van der Waals surface area contributed by atoms with Gasteiger partial charge in [0.05, 0.1) is 5.69 Å². The highest BCUT2D eigenvalue weighted by atomic mass is 16.1. The van der Waals surface area contributed by atoms with Crippen molar-refractivity contribution in [1.82, 2.24) is 4.98 Å². The molecule has 2 nitrogen and oxygen atoms in total. The fourth-order valence-corrected chi connectivity index (χ4v) is 2.25. The Bertz CT molecular complexity index is 396. The van der Waals surface area contributed by atoms with Gasteiger partial charge in [0.25, 0.3) is 0 Å². The van der Waals surface area contributed by atoms with Crippen LogP contribution in [0, 0.1) is 0 Å². The van der Waals surface area contributed by atoms with Crippen molar-refractivity contribution in [3.8, 4) is 0 Å². The van der Waals surface area contributed by atoms with E-state index in [9.17, 15) is 4.79 Å². The minimum atomic E-state index is 0.146. The van der Waals surface area contributed by atoms with Crippen molar-refractivity contribution in [1.29, 1.82) is 0 Å². The molecular formula is C13H17NO. The van der Waals surface area contributed by atoms with Crippen LogP contribution in [-0.2, 0) is 19.3 Å². The van der Waals surface area contributed by atoms with Gasteiger partial charge in [-0.05, 0) is 50.7 Å². The summed E-state index contributed by atoms with van der Waals surface area (Å²) in [5.74, 6) is 0.146. The highest BCUT2D eigenvalue weighted by Gasteiger charge is 2.15. The molecule has 0 atom stereocenters. The number of fused-ring (bicyclic) bond motifs is 1. The van der Waals surface area contributed by atoms with Crippen molar-refractivity contribution in [2.45, 2.75) is 46.0 Å². The Morgan fingerprint density at radius 2 is 2.13 bits per heavy atom. The lowest BCUT2D eigenvalue weighted by Crippen LogP contribution is -2.11. The first kappa shape index (κ1) is 10.3. The van der Waals surface area contributed by atoms with Gasteiger partial charge in [0.15, 0.2) is 5.78 Å². The molecule has 0 saturated carbocycles. The van der Waals surface area contributed by atoms with E-state index in [1.807, 2.05) is 0 Å². The molecule has 1 heterocycles. The average Bonchev–Trinajstić information content (AvgIpc) is 2.27. The number of nitrogens with zero attached hydrogens (tertiary/aromatic N) is 1. The first-order chi connectivity index (χ1) is 7.22. The molecule has 0 saturated heterocycles. The van der Waals surface area contributed by atoms with E-state index < -0.39 is 0 Å². The second-order valence-corrected chi connectivity index (χ2v) is 4.21. The lowest BCUT2D eigenvalue weighted by molar-refractivity contribution is 0.101. The van der Waals surface area contributed by atoms with E-state index in [4.69, 9.17) is 0 Å². The van der Waals surface area contributed by atoms with Crippen LogP contribution < -0.4 is 0 Å². The number of carbonyl (C=O) groups is 1.